The maximum atomic E-state index is 12.2. The second-order valence-electron chi connectivity index (χ2n) is 4.41. The van der Waals surface area contributed by atoms with Crippen molar-refractivity contribution in [1.82, 2.24) is 9.62 Å². The van der Waals surface area contributed by atoms with E-state index >= 15 is 0 Å². The lowest BCUT2D eigenvalue weighted by atomic mass is 10.3. The molecule has 8 heteroatoms. The van der Waals surface area contributed by atoms with Gasteiger partial charge in [0.2, 0.25) is 22.7 Å². The highest BCUT2D eigenvalue weighted by Gasteiger charge is 2.21. The molecule has 1 aliphatic heterocycles. The first-order chi connectivity index (χ1) is 9.97. The van der Waals surface area contributed by atoms with Crippen molar-refractivity contribution in [3.05, 3.63) is 18.2 Å². The van der Waals surface area contributed by atoms with Gasteiger partial charge in [0, 0.05) is 19.2 Å². The molecule has 1 aliphatic rings. The number of carbonyl (C=O) groups is 1. The van der Waals surface area contributed by atoms with Crippen molar-refractivity contribution in [3.63, 3.8) is 0 Å². The van der Waals surface area contributed by atoms with E-state index in [4.69, 9.17) is 9.47 Å². The van der Waals surface area contributed by atoms with Gasteiger partial charge < -0.3 is 14.4 Å². The average Bonchev–Trinajstić information content (AvgIpc) is 2.94. The summed E-state index contributed by atoms with van der Waals surface area (Å²) in [6.07, 6.45) is 0. The zero-order valence-electron chi connectivity index (χ0n) is 12.0. The molecule has 1 amide bonds. The predicted octanol–water partition coefficient (Wildman–Crippen LogP) is 0.562. The van der Waals surface area contributed by atoms with Gasteiger partial charge >= 0.3 is 0 Å². The van der Waals surface area contributed by atoms with Gasteiger partial charge in [-0.15, -0.1) is 0 Å². The Balaban J connectivity index is 2.07. The van der Waals surface area contributed by atoms with E-state index < -0.39 is 10.0 Å². The molecular weight excluding hydrogens is 296 g/mol. The number of nitrogens with zero attached hydrogens (tertiary/aromatic N) is 1. The number of benzene rings is 1. The summed E-state index contributed by atoms with van der Waals surface area (Å²) in [5.74, 6) is 0.630. The van der Waals surface area contributed by atoms with E-state index in [1.165, 1.54) is 18.2 Å². The van der Waals surface area contributed by atoms with Crippen molar-refractivity contribution in [2.24, 2.45) is 0 Å². The molecule has 0 atom stereocenters. The number of ether oxygens (including phenoxy) is 2. The Bertz CT molecular complexity index is 625. The molecule has 0 saturated heterocycles. The molecule has 116 valence electrons. The zero-order chi connectivity index (χ0) is 15.5. The highest BCUT2D eigenvalue weighted by molar-refractivity contribution is 7.89. The van der Waals surface area contributed by atoms with Gasteiger partial charge in [0.25, 0.3) is 0 Å². The fraction of sp³-hybridized carbons (Fsp3) is 0.462. The van der Waals surface area contributed by atoms with Crippen molar-refractivity contribution >= 4 is 15.9 Å². The van der Waals surface area contributed by atoms with Crippen LogP contribution >= 0.6 is 0 Å². The van der Waals surface area contributed by atoms with Crippen LogP contribution in [0.2, 0.25) is 0 Å². The van der Waals surface area contributed by atoms with Crippen molar-refractivity contribution in [2.75, 3.05) is 26.4 Å². The van der Waals surface area contributed by atoms with E-state index in [0.29, 0.717) is 24.6 Å². The van der Waals surface area contributed by atoms with Crippen LogP contribution in [-0.4, -0.2) is 45.7 Å². The van der Waals surface area contributed by atoms with Crippen LogP contribution in [0.4, 0.5) is 0 Å². The lowest BCUT2D eigenvalue weighted by Crippen LogP contribution is -2.39. The Morgan fingerprint density at radius 2 is 1.90 bits per heavy atom. The number of nitrogens with one attached hydrogen (secondary N) is 1. The maximum Gasteiger partial charge on any atom is 0.241 e. The molecule has 0 aliphatic carbocycles. The number of amides is 1. The highest BCUT2D eigenvalue weighted by atomic mass is 32.2. The summed E-state index contributed by atoms with van der Waals surface area (Å²) in [5.41, 5.74) is 0. The van der Waals surface area contributed by atoms with Gasteiger partial charge in [-0.3, -0.25) is 4.79 Å². The van der Waals surface area contributed by atoms with E-state index in [1.54, 1.807) is 4.90 Å². The van der Waals surface area contributed by atoms with Crippen LogP contribution in [0.1, 0.15) is 13.8 Å². The maximum absolute atomic E-state index is 12.2. The minimum absolute atomic E-state index is 0.0408. The van der Waals surface area contributed by atoms with Crippen LogP contribution in [0.5, 0.6) is 11.5 Å². The van der Waals surface area contributed by atoms with Crippen LogP contribution in [0.25, 0.3) is 0 Å². The molecule has 1 aromatic carbocycles. The monoisotopic (exact) mass is 314 g/mol. The molecule has 7 nitrogen and oxygen atoms in total. The molecule has 0 radical (unpaired) electrons. The standard InChI is InChI=1S/C13H18N2O5S/c1-3-15(4-2)13(16)8-14-21(17,18)10-5-6-11-12(7-10)20-9-19-11/h5-7,14H,3-4,8-9H2,1-2H3. The van der Waals surface area contributed by atoms with Crippen LogP contribution in [0.15, 0.2) is 23.1 Å². The summed E-state index contributed by atoms with van der Waals surface area (Å²) in [4.78, 5) is 13.4. The van der Waals surface area contributed by atoms with Crippen molar-refractivity contribution in [3.8, 4) is 11.5 Å². The van der Waals surface area contributed by atoms with Gasteiger partial charge in [-0.25, -0.2) is 13.1 Å². The first-order valence-corrected chi connectivity index (χ1v) is 8.13. The Hall–Kier alpha value is -1.80. The van der Waals surface area contributed by atoms with Gasteiger partial charge in [0.05, 0.1) is 11.4 Å². The molecule has 0 saturated carbocycles. The topological polar surface area (TPSA) is 84.9 Å². The van der Waals surface area contributed by atoms with Gasteiger partial charge in [0.15, 0.2) is 11.5 Å². The second-order valence-corrected chi connectivity index (χ2v) is 6.17. The molecular formula is C13H18N2O5S. The van der Waals surface area contributed by atoms with E-state index in [1.807, 2.05) is 13.8 Å². The van der Waals surface area contributed by atoms with Gasteiger partial charge in [-0.2, -0.15) is 0 Å². The summed E-state index contributed by atoms with van der Waals surface area (Å²) < 4.78 is 36.9. The molecule has 1 heterocycles. The summed E-state index contributed by atoms with van der Waals surface area (Å²) in [7, 11) is -3.76. The van der Waals surface area contributed by atoms with E-state index in [-0.39, 0.29) is 24.1 Å². The van der Waals surface area contributed by atoms with Gasteiger partial charge in [0.1, 0.15) is 0 Å². The zero-order valence-corrected chi connectivity index (χ0v) is 12.8. The molecule has 0 unspecified atom stereocenters. The Labute approximate surface area is 123 Å². The third kappa shape index (κ3) is 3.45. The fourth-order valence-electron chi connectivity index (χ4n) is 1.97. The second kappa shape index (κ2) is 6.31. The number of hydrogen-bond donors (Lipinski definition) is 1. The first-order valence-electron chi connectivity index (χ1n) is 6.65. The number of rotatable bonds is 6. The third-order valence-electron chi connectivity index (χ3n) is 3.18. The minimum atomic E-state index is -3.76. The SMILES string of the molecule is CCN(CC)C(=O)CNS(=O)(=O)c1ccc2c(c1)OCO2. The summed E-state index contributed by atoms with van der Waals surface area (Å²) in [6.45, 7) is 4.58. The van der Waals surface area contributed by atoms with E-state index in [0.717, 1.165) is 0 Å². The Morgan fingerprint density at radius 3 is 2.57 bits per heavy atom. The lowest BCUT2D eigenvalue weighted by molar-refractivity contribution is -0.129. The highest BCUT2D eigenvalue weighted by Crippen LogP contribution is 2.33. The van der Waals surface area contributed by atoms with E-state index in [2.05, 4.69) is 4.72 Å². The number of likely N-dealkylation sites (N-methyl/N-ethyl adjacent to an activating group) is 1. The van der Waals surface area contributed by atoms with Crippen LogP contribution < -0.4 is 14.2 Å². The largest absolute Gasteiger partial charge is 0.454 e. The van der Waals surface area contributed by atoms with Crippen molar-refractivity contribution < 1.29 is 22.7 Å². The van der Waals surface area contributed by atoms with Crippen LogP contribution in [-0.2, 0) is 14.8 Å². The lowest BCUT2D eigenvalue weighted by Gasteiger charge is -2.18. The normalized spacial score (nSPS) is 13.2. The fourth-order valence-corrected chi connectivity index (χ4v) is 2.96. The molecule has 0 bridgehead atoms. The Kier molecular flexibility index (Phi) is 4.69. The van der Waals surface area contributed by atoms with Crippen molar-refractivity contribution in [2.45, 2.75) is 18.7 Å². The molecule has 1 N–H and O–H groups in total. The number of fused-ring (bicyclic) bond motifs is 1. The number of hydrogen-bond acceptors (Lipinski definition) is 5. The first kappa shape index (κ1) is 15.6. The van der Waals surface area contributed by atoms with E-state index in [9.17, 15) is 13.2 Å². The van der Waals surface area contributed by atoms with Crippen molar-refractivity contribution in [1.29, 1.82) is 0 Å². The van der Waals surface area contributed by atoms with Gasteiger partial charge in [-0.1, -0.05) is 0 Å². The molecule has 1 aromatic rings. The third-order valence-corrected chi connectivity index (χ3v) is 4.58. The molecule has 21 heavy (non-hydrogen) atoms. The van der Waals surface area contributed by atoms with Crippen LogP contribution in [0.3, 0.4) is 0 Å². The summed E-state index contributed by atoms with van der Waals surface area (Å²) >= 11 is 0. The number of carbonyl (C=O) groups excluding carboxylic acids is 1. The van der Waals surface area contributed by atoms with Crippen LogP contribution in [0, 0.1) is 0 Å². The smallest absolute Gasteiger partial charge is 0.241 e. The minimum Gasteiger partial charge on any atom is -0.454 e. The quantitative estimate of drug-likeness (QED) is 0.829. The molecule has 0 aromatic heterocycles. The molecule has 0 spiro atoms. The van der Waals surface area contributed by atoms with Gasteiger partial charge in [-0.05, 0) is 26.0 Å². The molecule has 0 fully saturated rings. The Morgan fingerprint density at radius 1 is 1.24 bits per heavy atom. The predicted molar refractivity (Wildman–Crippen MR) is 75.7 cm³/mol. The average molecular weight is 314 g/mol. The summed E-state index contributed by atoms with van der Waals surface area (Å²) in [5, 5.41) is 0. The summed E-state index contributed by atoms with van der Waals surface area (Å²) in [6, 6.07) is 4.33. The number of sulfonamides is 1. The molecule has 2 rings (SSSR count).